The third-order valence-corrected chi connectivity index (χ3v) is 6.32. The molecule has 2 heterocycles. The summed E-state index contributed by atoms with van der Waals surface area (Å²) in [4.78, 5) is 12.1. The molecule has 4 atom stereocenters. The molecule has 5 heteroatoms. The molecule has 0 aromatic heterocycles. The molecule has 0 spiro atoms. The molecule has 0 amide bonds. The number of methoxy groups -OCH3 is 1. The van der Waals surface area contributed by atoms with E-state index >= 15 is 0 Å². The second kappa shape index (κ2) is 5.57. The van der Waals surface area contributed by atoms with E-state index in [1.807, 2.05) is 11.8 Å². The first kappa shape index (κ1) is 14.2. The van der Waals surface area contributed by atoms with Crippen LogP contribution in [-0.4, -0.2) is 23.6 Å². The SMILES string of the molecule is COC(=O)[C@@H]1C2CCC(C[C@@H]1c1ccc(F)c(Cl)c1)S2. The minimum absolute atomic E-state index is 0.0827. The highest BCUT2D eigenvalue weighted by atomic mass is 35.5. The van der Waals surface area contributed by atoms with E-state index in [1.165, 1.54) is 13.2 Å². The molecular formula is C15H16ClFO2S. The fraction of sp³-hybridized carbons (Fsp3) is 0.533. The predicted molar refractivity (Wildman–Crippen MR) is 78.7 cm³/mol. The van der Waals surface area contributed by atoms with Crippen LogP contribution in [-0.2, 0) is 9.53 Å². The number of ether oxygens (including phenoxy) is 1. The number of benzene rings is 1. The zero-order valence-electron chi connectivity index (χ0n) is 11.1. The number of esters is 1. The van der Waals surface area contributed by atoms with E-state index in [-0.39, 0.29) is 22.8 Å². The van der Waals surface area contributed by atoms with Crippen molar-refractivity contribution in [3.8, 4) is 0 Å². The van der Waals surface area contributed by atoms with Gasteiger partial charge in [-0.05, 0) is 42.9 Å². The van der Waals surface area contributed by atoms with Crippen LogP contribution in [0.1, 0.15) is 30.7 Å². The van der Waals surface area contributed by atoms with Crippen LogP contribution in [0.3, 0.4) is 0 Å². The monoisotopic (exact) mass is 314 g/mol. The Labute approximate surface area is 127 Å². The van der Waals surface area contributed by atoms with Crippen LogP contribution in [0.5, 0.6) is 0 Å². The summed E-state index contributed by atoms with van der Waals surface area (Å²) in [5.41, 5.74) is 0.948. The summed E-state index contributed by atoms with van der Waals surface area (Å²) in [6.07, 6.45) is 3.14. The first-order valence-electron chi connectivity index (χ1n) is 6.78. The van der Waals surface area contributed by atoms with E-state index in [2.05, 4.69) is 0 Å². The van der Waals surface area contributed by atoms with Crippen molar-refractivity contribution in [2.45, 2.75) is 35.7 Å². The summed E-state index contributed by atoms with van der Waals surface area (Å²) in [7, 11) is 1.43. The molecule has 1 aromatic rings. The number of hydrogen-bond acceptors (Lipinski definition) is 3. The Hall–Kier alpha value is -0.740. The van der Waals surface area contributed by atoms with Crippen LogP contribution in [0.15, 0.2) is 18.2 Å². The number of carbonyl (C=O) groups is 1. The van der Waals surface area contributed by atoms with E-state index in [0.717, 1.165) is 24.8 Å². The summed E-state index contributed by atoms with van der Waals surface area (Å²) in [5.74, 6) is -0.643. The lowest BCUT2D eigenvalue weighted by molar-refractivity contribution is -0.146. The second-order valence-electron chi connectivity index (χ2n) is 5.44. The van der Waals surface area contributed by atoms with Crippen molar-refractivity contribution in [2.75, 3.05) is 7.11 Å². The van der Waals surface area contributed by atoms with Crippen molar-refractivity contribution >= 4 is 29.3 Å². The second-order valence-corrected chi connectivity index (χ2v) is 7.39. The Morgan fingerprint density at radius 3 is 2.95 bits per heavy atom. The van der Waals surface area contributed by atoms with Crippen LogP contribution in [0.2, 0.25) is 5.02 Å². The molecule has 2 nitrogen and oxygen atoms in total. The van der Waals surface area contributed by atoms with Gasteiger partial charge in [0.2, 0.25) is 0 Å². The maximum absolute atomic E-state index is 13.3. The minimum atomic E-state index is -0.418. The van der Waals surface area contributed by atoms with Gasteiger partial charge in [0, 0.05) is 10.5 Å². The van der Waals surface area contributed by atoms with Gasteiger partial charge in [-0.1, -0.05) is 17.7 Å². The predicted octanol–water partition coefficient (Wildman–Crippen LogP) is 4.02. The quantitative estimate of drug-likeness (QED) is 0.771. The maximum Gasteiger partial charge on any atom is 0.310 e. The topological polar surface area (TPSA) is 26.3 Å². The number of fused-ring (bicyclic) bond motifs is 2. The summed E-state index contributed by atoms with van der Waals surface area (Å²) >= 11 is 7.79. The third-order valence-electron chi connectivity index (χ3n) is 4.34. The number of hydrogen-bond donors (Lipinski definition) is 0. The molecule has 2 aliphatic rings. The number of halogens is 2. The lowest BCUT2D eigenvalue weighted by atomic mass is 9.81. The van der Waals surface area contributed by atoms with Crippen LogP contribution >= 0.6 is 23.4 Å². The van der Waals surface area contributed by atoms with Crippen molar-refractivity contribution in [3.63, 3.8) is 0 Å². The van der Waals surface area contributed by atoms with Gasteiger partial charge in [-0.2, -0.15) is 11.8 Å². The third kappa shape index (κ3) is 2.44. The van der Waals surface area contributed by atoms with E-state index in [0.29, 0.717) is 10.5 Å². The molecule has 2 unspecified atom stereocenters. The average Bonchev–Trinajstić information content (AvgIpc) is 2.82. The van der Waals surface area contributed by atoms with Crippen molar-refractivity contribution in [1.29, 1.82) is 0 Å². The molecule has 0 saturated carbocycles. The fourth-order valence-electron chi connectivity index (χ4n) is 3.40. The van der Waals surface area contributed by atoms with Gasteiger partial charge in [0.1, 0.15) is 5.82 Å². The van der Waals surface area contributed by atoms with Crippen molar-refractivity contribution < 1.29 is 13.9 Å². The first-order valence-corrected chi connectivity index (χ1v) is 8.10. The average molecular weight is 315 g/mol. The molecule has 0 aliphatic carbocycles. The molecule has 2 saturated heterocycles. The van der Waals surface area contributed by atoms with Gasteiger partial charge >= 0.3 is 5.97 Å². The summed E-state index contributed by atoms with van der Waals surface area (Å²) in [6, 6.07) is 4.79. The lowest BCUT2D eigenvalue weighted by Crippen LogP contribution is -2.35. The van der Waals surface area contributed by atoms with Gasteiger partial charge < -0.3 is 4.74 Å². The Morgan fingerprint density at radius 1 is 1.45 bits per heavy atom. The van der Waals surface area contributed by atoms with E-state index in [4.69, 9.17) is 16.3 Å². The smallest absolute Gasteiger partial charge is 0.310 e. The number of rotatable bonds is 2. The zero-order valence-corrected chi connectivity index (χ0v) is 12.7. The number of thioether (sulfide) groups is 1. The minimum Gasteiger partial charge on any atom is -0.469 e. The highest BCUT2D eigenvalue weighted by Gasteiger charge is 2.47. The van der Waals surface area contributed by atoms with Crippen LogP contribution in [0.25, 0.3) is 0 Å². The molecule has 1 aromatic carbocycles. The molecule has 108 valence electrons. The number of carbonyl (C=O) groups excluding carboxylic acids is 1. The molecular weight excluding hydrogens is 299 g/mol. The molecule has 2 fully saturated rings. The summed E-state index contributed by atoms with van der Waals surface area (Å²) in [5, 5.41) is 1.03. The molecule has 3 rings (SSSR count). The van der Waals surface area contributed by atoms with Crippen molar-refractivity contribution in [2.24, 2.45) is 5.92 Å². The van der Waals surface area contributed by atoms with Gasteiger partial charge in [0.05, 0.1) is 18.1 Å². The highest BCUT2D eigenvalue weighted by Crippen LogP contribution is 2.53. The highest BCUT2D eigenvalue weighted by molar-refractivity contribution is 8.00. The van der Waals surface area contributed by atoms with Gasteiger partial charge in [0.15, 0.2) is 0 Å². The van der Waals surface area contributed by atoms with Crippen LogP contribution in [0, 0.1) is 11.7 Å². The Kier molecular flexibility index (Phi) is 3.95. The van der Waals surface area contributed by atoms with Crippen LogP contribution in [0.4, 0.5) is 4.39 Å². The Bertz CT molecular complexity index is 537. The van der Waals surface area contributed by atoms with E-state index in [9.17, 15) is 9.18 Å². The summed E-state index contributed by atoms with van der Waals surface area (Å²) < 4.78 is 18.3. The van der Waals surface area contributed by atoms with E-state index in [1.54, 1.807) is 12.1 Å². The van der Waals surface area contributed by atoms with Gasteiger partial charge in [-0.15, -0.1) is 0 Å². The lowest BCUT2D eigenvalue weighted by Gasteiger charge is -2.34. The molecule has 2 aliphatic heterocycles. The zero-order chi connectivity index (χ0) is 14.3. The Balaban J connectivity index is 1.96. The summed E-state index contributed by atoms with van der Waals surface area (Å²) in [6.45, 7) is 0. The standard InChI is InChI=1S/C15H16ClFO2S/c1-19-15(18)14-10(7-9-3-5-13(14)20-9)8-2-4-12(17)11(16)6-8/h2,4,6,9-10,13-14H,3,5,7H2,1H3/t9?,10-,13?,14+/m1/s1. The normalized spacial score (nSPS) is 32.1. The van der Waals surface area contributed by atoms with Crippen molar-refractivity contribution in [3.05, 3.63) is 34.6 Å². The van der Waals surface area contributed by atoms with E-state index < -0.39 is 5.82 Å². The van der Waals surface area contributed by atoms with Gasteiger partial charge in [-0.3, -0.25) is 4.79 Å². The Morgan fingerprint density at radius 2 is 2.25 bits per heavy atom. The van der Waals surface area contributed by atoms with Gasteiger partial charge in [0.25, 0.3) is 0 Å². The molecule has 0 radical (unpaired) electrons. The van der Waals surface area contributed by atoms with Gasteiger partial charge in [-0.25, -0.2) is 4.39 Å². The first-order chi connectivity index (χ1) is 9.60. The fourth-order valence-corrected chi connectivity index (χ4v) is 5.41. The van der Waals surface area contributed by atoms with Crippen molar-refractivity contribution in [1.82, 2.24) is 0 Å². The molecule has 0 N–H and O–H groups in total. The van der Waals surface area contributed by atoms with Crippen LogP contribution < -0.4 is 0 Å². The molecule has 2 bridgehead atoms. The largest absolute Gasteiger partial charge is 0.469 e. The molecule has 20 heavy (non-hydrogen) atoms. The maximum atomic E-state index is 13.3.